The summed E-state index contributed by atoms with van der Waals surface area (Å²) in [5.41, 5.74) is 1.29. The van der Waals surface area contributed by atoms with Crippen LogP contribution in [0.15, 0.2) is 24.3 Å². The molecule has 3 nitrogen and oxygen atoms in total. The molecular formula is C13H19NO2. The van der Waals surface area contributed by atoms with Crippen molar-refractivity contribution in [2.75, 3.05) is 13.7 Å². The number of esters is 1. The van der Waals surface area contributed by atoms with Gasteiger partial charge in [-0.25, -0.2) is 4.79 Å². The molecule has 0 amide bonds. The highest BCUT2D eigenvalue weighted by Crippen LogP contribution is 2.23. The zero-order valence-electron chi connectivity index (χ0n) is 10.3. The van der Waals surface area contributed by atoms with Gasteiger partial charge in [0.25, 0.3) is 0 Å². The van der Waals surface area contributed by atoms with Gasteiger partial charge in [0.05, 0.1) is 7.11 Å². The van der Waals surface area contributed by atoms with Gasteiger partial charge in [-0.3, -0.25) is 5.32 Å². The second kappa shape index (κ2) is 5.12. The van der Waals surface area contributed by atoms with Crippen LogP contribution in [0.1, 0.15) is 25.0 Å². The van der Waals surface area contributed by atoms with Crippen LogP contribution in [0.2, 0.25) is 0 Å². The molecule has 0 saturated heterocycles. The summed E-state index contributed by atoms with van der Waals surface area (Å²) in [5.74, 6) is -0.264. The fourth-order valence-corrected chi connectivity index (χ4v) is 1.81. The number of benzene rings is 1. The second-order valence-electron chi connectivity index (χ2n) is 4.02. The fourth-order valence-electron chi connectivity index (χ4n) is 1.81. The molecule has 0 radical (unpaired) electrons. The first kappa shape index (κ1) is 12.7. The van der Waals surface area contributed by atoms with Crippen molar-refractivity contribution in [3.8, 4) is 0 Å². The normalized spacial score (nSPS) is 14.2. The molecule has 0 aromatic heterocycles. The highest BCUT2D eigenvalue weighted by molar-refractivity contribution is 5.82. The van der Waals surface area contributed by atoms with E-state index in [2.05, 4.69) is 5.32 Å². The van der Waals surface area contributed by atoms with Gasteiger partial charge < -0.3 is 4.74 Å². The van der Waals surface area contributed by atoms with Gasteiger partial charge in [0, 0.05) is 0 Å². The molecule has 0 aliphatic heterocycles. The maximum absolute atomic E-state index is 11.9. The minimum absolute atomic E-state index is 0.264. The number of carbonyl (C=O) groups excluding carboxylic acids is 1. The van der Waals surface area contributed by atoms with E-state index in [-0.39, 0.29) is 5.97 Å². The van der Waals surface area contributed by atoms with E-state index in [0.717, 1.165) is 11.1 Å². The second-order valence-corrected chi connectivity index (χ2v) is 4.02. The van der Waals surface area contributed by atoms with E-state index in [1.165, 1.54) is 7.11 Å². The maximum Gasteiger partial charge on any atom is 0.330 e. The number of hydrogen-bond acceptors (Lipinski definition) is 3. The van der Waals surface area contributed by atoms with Gasteiger partial charge in [-0.1, -0.05) is 36.8 Å². The van der Waals surface area contributed by atoms with E-state index in [1.807, 2.05) is 45.0 Å². The lowest BCUT2D eigenvalue weighted by Crippen LogP contribution is -2.47. The fraction of sp³-hybridized carbons (Fsp3) is 0.462. The molecule has 0 aliphatic carbocycles. The van der Waals surface area contributed by atoms with Crippen molar-refractivity contribution >= 4 is 5.97 Å². The molecule has 3 heteroatoms. The predicted octanol–water partition coefficient (Wildman–Crippen LogP) is 1.99. The molecule has 1 N–H and O–H groups in total. The van der Waals surface area contributed by atoms with Crippen LogP contribution >= 0.6 is 0 Å². The lowest BCUT2D eigenvalue weighted by Gasteiger charge is -2.28. The summed E-state index contributed by atoms with van der Waals surface area (Å²) in [7, 11) is 1.41. The molecule has 1 aromatic carbocycles. The third-order valence-electron chi connectivity index (χ3n) is 2.72. The Morgan fingerprint density at radius 3 is 2.69 bits per heavy atom. The minimum atomic E-state index is -0.768. The number of nitrogens with one attached hydrogen (secondary N) is 1. The Morgan fingerprint density at radius 1 is 1.50 bits per heavy atom. The van der Waals surface area contributed by atoms with Crippen LogP contribution in [-0.2, 0) is 15.1 Å². The Balaban J connectivity index is 3.15. The van der Waals surface area contributed by atoms with Gasteiger partial charge >= 0.3 is 5.97 Å². The number of hydrogen-bond donors (Lipinski definition) is 1. The predicted molar refractivity (Wildman–Crippen MR) is 64.2 cm³/mol. The van der Waals surface area contributed by atoms with E-state index < -0.39 is 5.54 Å². The van der Waals surface area contributed by atoms with Crippen LogP contribution in [-0.4, -0.2) is 19.6 Å². The van der Waals surface area contributed by atoms with Gasteiger partial charge in [0.1, 0.15) is 5.54 Å². The molecule has 0 bridgehead atoms. The van der Waals surface area contributed by atoms with E-state index >= 15 is 0 Å². The average Bonchev–Trinajstić information content (AvgIpc) is 2.28. The highest BCUT2D eigenvalue weighted by atomic mass is 16.5. The molecule has 1 unspecified atom stereocenters. The van der Waals surface area contributed by atoms with Crippen molar-refractivity contribution in [2.45, 2.75) is 26.3 Å². The summed E-state index contributed by atoms with van der Waals surface area (Å²) >= 11 is 0. The van der Waals surface area contributed by atoms with Gasteiger partial charge in [-0.15, -0.1) is 0 Å². The molecule has 16 heavy (non-hydrogen) atoms. The molecule has 0 heterocycles. The third-order valence-corrected chi connectivity index (χ3v) is 2.72. The summed E-state index contributed by atoms with van der Waals surface area (Å²) in [6.07, 6.45) is 0. The van der Waals surface area contributed by atoms with Crippen LogP contribution in [0.5, 0.6) is 0 Å². The summed E-state index contributed by atoms with van der Waals surface area (Å²) < 4.78 is 4.86. The molecule has 1 aromatic rings. The lowest BCUT2D eigenvalue weighted by molar-refractivity contribution is -0.148. The van der Waals surface area contributed by atoms with Crippen molar-refractivity contribution < 1.29 is 9.53 Å². The first-order chi connectivity index (χ1) is 7.54. The monoisotopic (exact) mass is 221 g/mol. The number of carbonyl (C=O) groups is 1. The number of aryl methyl sites for hydroxylation is 1. The van der Waals surface area contributed by atoms with E-state index in [1.54, 1.807) is 0 Å². The van der Waals surface area contributed by atoms with E-state index in [9.17, 15) is 4.79 Å². The smallest absolute Gasteiger partial charge is 0.330 e. The van der Waals surface area contributed by atoms with Gasteiger partial charge in [0.2, 0.25) is 0 Å². The number of ether oxygens (including phenoxy) is 1. The van der Waals surface area contributed by atoms with Crippen LogP contribution < -0.4 is 5.32 Å². The Kier molecular flexibility index (Phi) is 4.07. The number of likely N-dealkylation sites (N-methyl/N-ethyl adjacent to an activating group) is 1. The third kappa shape index (κ3) is 2.42. The van der Waals surface area contributed by atoms with E-state index in [4.69, 9.17) is 4.74 Å². The Morgan fingerprint density at radius 2 is 2.19 bits per heavy atom. The number of methoxy groups -OCH3 is 1. The summed E-state index contributed by atoms with van der Waals surface area (Å²) in [5, 5.41) is 3.18. The van der Waals surface area contributed by atoms with Crippen molar-refractivity contribution in [1.82, 2.24) is 5.32 Å². The zero-order chi connectivity index (χ0) is 12.2. The molecule has 0 spiro atoms. The molecular weight excluding hydrogens is 202 g/mol. The van der Waals surface area contributed by atoms with Gasteiger partial charge in [-0.2, -0.15) is 0 Å². The van der Waals surface area contributed by atoms with Crippen LogP contribution in [0.25, 0.3) is 0 Å². The summed E-state index contributed by atoms with van der Waals surface area (Å²) in [4.78, 5) is 11.9. The maximum atomic E-state index is 11.9. The summed E-state index contributed by atoms with van der Waals surface area (Å²) in [6, 6.07) is 7.89. The Bertz CT molecular complexity index is 376. The first-order valence-electron chi connectivity index (χ1n) is 5.45. The van der Waals surface area contributed by atoms with Crippen molar-refractivity contribution in [2.24, 2.45) is 0 Å². The molecule has 0 fully saturated rings. The molecule has 1 atom stereocenters. The van der Waals surface area contributed by atoms with E-state index in [0.29, 0.717) is 6.54 Å². The Hall–Kier alpha value is -1.35. The topological polar surface area (TPSA) is 38.3 Å². The molecule has 0 aliphatic rings. The quantitative estimate of drug-likeness (QED) is 0.790. The first-order valence-corrected chi connectivity index (χ1v) is 5.45. The van der Waals surface area contributed by atoms with Crippen LogP contribution in [0.3, 0.4) is 0 Å². The van der Waals surface area contributed by atoms with Gasteiger partial charge in [-0.05, 0) is 26.0 Å². The average molecular weight is 221 g/mol. The standard InChI is InChI=1S/C13H19NO2/c1-5-14-13(3,12(15)16-4)11-8-6-7-10(2)9-11/h6-9,14H,5H2,1-4H3. The molecule has 88 valence electrons. The largest absolute Gasteiger partial charge is 0.467 e. The van der Waals surface area contributed by atoms with Crippen LogP contribution in [0, 0.1) is 6.92 Å². The molecule has 0 saturated carbocycles. The van der Waals surface area contributed by atoms with Crippen molar-refractivity contribution in [3.05, 3.63) is 35.4 Å². The zero-order valence-corrected chi connectivity index (χ0v) is 10.3. The van der Waals surface area contributed by atoms with Gasteiger partial charge in [0.15, 0.2) is 0 Å². The summed E-state index contributed by atoms with van der Waals surface area (Å²) in [6.45, 7) is 6.53. The lowest BCUT2D eigenvalue weighted by atomic mass is 9.91. The van der Waals surface area contributed by atoms with Crippen molar-refractivity contribution in [3.63, 3.8) is 0 Å². The van der Waals surface area contributed by atoms with Crippen LogP contribution in [0.4, 0.5) is 0 Å². The Labute approximate surface area is 96.8 Å². The molecule has 1 rings (SSSR count). The number of rotatable bonds is 4. The SMILES string of the molecule is CCNC(C)(C(=O)OC)c1cccc(C)c1. The van der Waals surface area contributed by atoms with Crippen molar-refractivity contribution in [1.29, 1.82) is 0 Å². The highest BCUT2D eigenvalue weighted by Gasteiger charge is 2.35. The minimum Gasteiger partial charge on any atom is -0.467 e.